The smallest absolute Gasteiger partial charge is 0 e. The maximum Gasteiger partial charge on any atom is 0 e. The quantitative estimate of drug-likeness (QED) is 0.444. The third kappa shape index (κ3) is 25.2. The van der Waals surface area contributed by atoms with Crippen LogP contribution in [-0.4, -0.2) is 16.4 Å². The molecule has 0 saturated carbocycles. The molecule has 0 rings (SSSR count). The van der Waals surface area contributed by atoms with E-state index in [1.165, 1.54) is 0 Å². The summed E-state index contributed by atoms with van der Waals surface area (Å²) in [7, 11) is 0. The van der Waals surface area contributed by atoms with Crippen LogP contribution in [0, 0.1) is 0 Å². The van der Waals surface area contributed by atoms with Crippen LogP contribution in [0.2, 0.25) is 0 Å². The minimum absolute atomic E-state index is 0. The fourth-order valence-electron chi connectivity index (χ4n) is 0. The molecule has 0 fully saturated rings. The summed E-state index contributed by atoms with van der Waals surface area (Å²) < 4.78 is 0. The Labute approximate surface area is 74.4 Å². The second-order valence-electron chi connectivity index (χ2n) is 0. The van der Waals surface area contributed by atoms with E-state index in [-0.39, 0.29) is 75.3 Å². The summed E-state index contributed by atoms with van der Waals surface area (Å²) in [6.07, 6.45) is 0. The van der Waals surface area contributed by atoms with Crippen LogP contribution in [0.1, 0.15) is 0 Å². The molecule has 3 nitrogen and oxygen atoms in total. The summed E-state index contributed by atoms with van der Waals surface area (Å²) in [6.45, 7) is 0. The number of hydrogen-bond donors (Lipinski definition) is 0. The van der Waals surface area contributed by atoms with Crippen LogP contribution >= 0.6 is 0 Å². The van der Waals surface area contributed by atoms with E-state index in [9.17, 15) is 0 Å². The van der Waals surface area contributed by atoms with Crippen LogP contribution < -0.4 is 0 Å². The summed E-state index contributed by atoms with van der Waals surface area (Å²) in [5, 5.41) is 0. The third-order valence-electron chi connectivity index (χ3n) is 0. The molecule has 0 spiro atoms. The van der Waals surface area contributed by atoms with Gasteiger partial charge in [-0.1, -0.05) is 0 Å². The molecule has 5 heteroatoms. The first-order valence-corrected chi connectivity index (χ1v) is 0. The zero-order valence-electron chi connectivity index (χ0n) is 2.58. The van der Waals surface area contributed by atoms with Gasteiger partial charge in [0, 0.05) is 58.9 Å². The van der Waals surface area contributed by atoms with Gasteiger partial charge in [-0.2, -0.15) is 0 Å². The molecule has 0 aliphatic heterocycles. The minimum atomic E-state index is 0. The van der Waals surface area contributed by atoms with Crippen molar-refractivity contribution in [3.63, 3.8) is 0 Å². The Kier molecular flexibility index (Phi) is 541. The molecular formula is H6O3YZr. The SMILES string of the molecule is O.O.O.[Y].[Zr]. The van der Waals surface area contributed by atoms with Crippen LogP contribution in [-0.2, 0) is 58.9 Å². The molecule has 0 aliphatic rings. The van der Waals surface area contributed by atoms with Gasteiger partial charge in [-0.05, 0) is 0 Å². The average molecular weight is 234 g/mol. The monoisotopic (exact) mass is 233 g/mol. The van der Waals surface area contributed by atoms with Crippen molar-refractivity contribution < 1.29 is 75.3 Å². The Bertz CT molecular complexity index is 6.85. The predicted molar refractivity (Wildman–Crippen MR) is 10.8 cm³/mol. The minimum Gasteiger partial charge on any atom is -0.412 e. The van der Waals surface area contributed by atoms with Crippen molar-refractivity contribution in [2.45, 2.75) is 0 Å². The van der Waals surface area contributed by atoms with Gasteiger partial charge in [0.25, 0.3) is 0 Å². The molecule has 0 amide bonds. The molecule has 5 heavy (non-hydrogen) atoms. The van der Waals surface area contributed by atoms with E-state index in [2.05, 4.69) is 0 Å². The molecular weight excluding hydrogens is 228 g/mol. The van der Waals surface area contributed by atoms with Crippen LogP contribution in [0.25, 0.3) is 0 Å². The number of hydrogen-bond acceptors (Lipinski definition) is 0. The van der Waals surface area contributed by atoms with Crippen LogP contribution in [0.5, 0.6) is 0 Å². The Balaban J connectivity index is 0. The van der Waals surface area contributed by atoms with Gasteiger partial charge in [-0.3, -0.25) is 0 Å². The summed E-state index contributed by atoms with van der Waals surface area (Å²) in [5.41, 5.74) is 0. The molecule has 0 saturated heterocycles. The third-order valence-corrected chi connectivity index (χ3v) is 0. The van der Waals surface area contributed by atoms with Gasteiger partial charge in [-0.15, -0.1) is 0 Å². The first-order valence-electron chi connectivity index (χ1n) is 0. The molecule has 0 aromatic carbocycles. The Hall–Kier alpha value is 1.87. The van der Waals surface area contributed by atoms with Crippen molar-refractivity contribution >= 4 is 0 Å². The van der Waals surface area contributed by atoms with Gasteiger partial charge in [0.2, 0.25) is 0 Å². The molecule has 6 N–H and O–H groups in total. The summed E-state index contributed by atoms with van der Waals surface area (Å²) in [6, 6.07) is 0. The first-order chi connectivity index (χ1) is 0. The zero-order chi connectivity index (χ0) is 0. The maximum atomic E-state index is 0. The second-order valence-corrected chi connectivity index (χ2v) is 0. The second kappa shape index (κ2) is 39.9. The van der Waals surface area contributed by atoms with Gasteiger partial charge in [0.1, 0.15) is 0 Å². The van der Waals surface area contributed by atoms with Gasteiger partial charge < -0.3 is 16.4 Å². The Morgan fingerprint density at radius 1 is 0.600 bits per heavy atom. The Morgan fingerprint density at radius 2 is 0.600 bits per heavy atom. The van der Waals surface area contributed by atoms with E-state index < -0.39 is 0 Å². The van der Waals surface area contributed by atoms with Crippen LogP contribution in [0.15, 0.2) is 0 Å². The van der Waals surface area contributed by atoms with E-state index in [4.69, 9.17) is 0 Å². The molecule has 0 aliphatic carbocycles. The average Bonchev–Trinajstić information content (AvgIpc) is 0. The van der Waals surface area contributed by atoms with Crippen LogP contribution in [0.3, 0.4) is 0 Å². The summed E-state index contributed by atoms with van der Waals surface area (Å²) in [4.78, 5) is 0. The first kappa shape index (κ1) is 67.8. The van der Waals surface area contributed by atoms with Crippen molar-refractivity contribution in [2.75, 3.05) is 0 Å². The molecule has 0 atom stereocenters. The molecule has 31 valence electrons. The van der Waals surface area contributed by atoms with Crippen molar-refractivity contribution in [1.29, 1.82) is 0 Å². The summed E-state index contributed by atoms with van der Waals surface area (Å²) >= 11 is 0. The van der Waals surface area contributed by atoms with Gasteiger partial charge in [-0.25, -0.2) is 0 Å². The number of rotatable bonds is 0. The van der Waals surface area contributed by atoms with E-state index in [0.717, 1.165) is 0 Å². The summed E-state index contributed by atoms with van der Waals surface area (Å²) in [5.74, 6) is 0. The van der Waals surface area contributed by atoms with Gasteiger partial charge in [0.15, 0.2) is 0 Å². The largest absolute Gasteiger partial charge is 0.412 e. The molecule has 0 heterocycles. The molecule has 0 aromatic heterocycles. The molecule has 0 bridgehead atoms. The molecule has 0 unspecified atom stereocenters. The predicted octanol–water partition coefficient (Wildman–Crippen LogP) is -2.48. The Morgan fingerprint density at radius 3 is 0.600 bits per heavy atom. The van der Waals surface area contributed by atoms with E-state index in [1.54, 1.807) is 0 Å². The standard InChI is InChI=1S/3H2O.Y.Zr/h3*1H2;;. The van der Waals surface area contributed by atoms with Crippen LogP contribution in [0.4, 0.5) is 0 Å². The van der Waals surface area contributed by atoms with Crippen molar-refractivity contribution in [2.24, 2.45) is 0 Å². The van der Waals surface area contributed by atoms with Crippen molar-refractivity contribution in [3.05, 3.63) is 0 Å². The van der Waals surface area contributed by atoms with Crippen molar-refractivity contribution in [3.8, 4) is 0 Å². The topological polar surface area (TPSA) is 94.5 Å². The molecule has 0 aromatic rings. The van der Waals surface area contributed by atoms with E-state index in [1.807, 2.05) is 0 Å². The fraction of sp³-hybridized carbons (Fsp3) is 0. The van der Waals surface area contributed by atoms with E-state index >= 15 is 0 Å². The zero-order valence-corrected chi connectivity index (χ0v) is 7.87. The molecule has 1 radical (unpaired) electrons. The maximum absolute atomic E-state index is 0. The fourth-order valence-corrected chi connectivity index (χ4v) is 0. The van der Waals surface area contributed by atoms with Gasteiger partial charge in [0.05, 0.1) is 0 Å². The van der Waals surface area contributed by atoms with Crippen molar-refractivity contribution in [1.82, 2.24) is 0 Å². The van der Waals surface area contributed by atoms with Gasteiger partial charge >= 0.3 is 0 Å². The van der Waals surface area contributed by atoms with E-state index in [0.29, 0.717) is 0 Å². The normalized spacial score (nSPS) is 0.